The van der Waals surface area contributed by atoms with E-state index in [1.54, 1.807) is 0 Å². The first-order valence-electron chi connectivity index (χ1n) is 6.50. The highest BCUT2D eigenvalue weighted by molar-refractivity contribution is 4.84. The van der Waals surface area contributed by atoms with Crippen molar-refractivity contribution in [2.45, 2.75) is 45.4 Å². The molecule has 0 aromatic carbocycles. The smallest absolute Gasteiger partial charge is 0.0566 e. The summed E-state index contributed by atoms with van der Waals surface area (Å²) >= 11 is 0. The molecule has 0 radical (unpaired) electrons. The van der Waals surface area contributed by atoms with Gasteiger partial charge in [-0.15, -0.1) is 0 Å². The Labute approximate surface area is 93.3 Å². The summed E-state index contributed by atoms with van der Waals surface area (Å²) < 4.78 is 11.2. The largest absolute Gasteiger partial charge is 0.380 e. The molecule has 0 amide bonds. The third-order valence-corrected chi connectivity index (χ3v) is 4.05. The second-order valence-electron chi connectivity index (χ2n) is 5.37. The van der Waals surface area contributed by atoms with Crippen molar-refractivity contribution in [3.8, 4) is 0 Å². The second-order valence-corrected chi connectivity index (χ2v) is 5.37. The first-order chi connectivity index (χ1) is 7.35. The molecule has 0 unspecified atom stereocenters. The topological polar surface area (TPSA) is 18.5 Å². The van der Waals surface area contributed by atoms with Gasteiger partial charge < -0.3 is 9.47 Å². The highest BCUT2D eigenvalue weighted by atomic mass is 16.5. The van der Waals surface area contributed by atoms with Gasteiger partial charge in [-0.3, -0.25) is 0 Å². The first kappa shape index (κ1) is 11.4. The average Bonchev–Trinajstić information content (AvgIpc) is 2.24. The molecule has 1 heterocycles. The van der Waals surface area contributed by atoms with Crippen molar-refractivity contribution in [2.75, 3.05) is 26.4 Å². The highest BCUT2D eigenvalue weighted by Gasteiger charge is 2.37. The molecule has 1 saturated carbocycles. The van der Waals surface area contributed by atoms with Crippen molar-refractivity contribution in [2.24, 2.45) is 11.3 Å². The number of hydrogen-bond acceptors (Lipinski definition) is 2. The number of ether oxygens (including phenoxy) is 2. The summed E-state index contributed by atoms with van der Waals surface area (Å²) in [6.07, 6.45) is 8.22. The van der Waals surface area contributed by atoms with Crippen LogP contribution in [0.5, 0.6) is 0 Å². The van der Waals surface area contributed by atoms with Crippen molar-refractivity contribution < 1.29 is 9.47 Å². The molecular formula is C13H24O2. The molecule has 2 aliphatic rings. The third kappa shape index (κ3) is 2.94. The van der Waals surface area contributed by atoms with E-state index in [0.29, 0.717) is 5.41 Å². The number of rotatable bonds is 5. The summed E-state index contributed by atoms with van der Waals surface area (Å²) in [5, 5.41) is 0. The molecule has 1 aliphatic heterocycles. The Morgan fingerprint density at radius 2 is 1.93 bits per heavy atom. The summed E-state index contributed by atoms with van der Waals surface area (Å²) in [5.74, 6) is 0.841. The van der Waals surface area contributed by atoms with E-state index in [1.165, 1.54) is 38.5 Å². The van der Waals surface area contributed by atoms with E-state index in [9.17, 15) is 0 Å². The minimum Gasteiger partial charge on any atom is -0.380 e. The number of hydrogen-bond donors (Lipinski definition) is 0. The maximum absolute atomic E-state index is 5.89. The van der Waals surface area contributed by atoms with Gasteiger partial charge in [0.25, 0.3) is 0 Å². The maximum atomic E-state index is 5.89. The minimum absolute atomic E-state index is 0.370. The van der Waals surface area contributed by atoms with Gasteiger partial charge in [0.05, 0.1) is 19.8 Å². The van der Waals surface area contributed by atoms with Crippen LogP contribution in [0.1, 0.15) is 45.4 Å². The van der Waals surface area contributed by atoms with Crippen LogP contribution in [-0.4, -0.2) is 26.4 Å². The third-order valence-electron chi connectivity index (χ3n) is 4.05. The predicted molar refractivity (Wildman–Crippen MR) is 60.9 cm³/mol. The lowest BCUT2D eigenvalue weighted by Crippen LogP contribution is -2.46. The van der Waals surface area contributed by atoms with Crippen molar-refractivity contribution in [1.82, 2.24) is 0 Å². The van der Waals surface area contributed by atoms with Crippen LogP contribution < -0.4 is 0 Å². The van der Waals surface area contributed by atoms with Crippen LogP contribution in [0.25, 0.3) is 0 Å². The van der Waals surface area contributed by atoms with Gasteiger partial charge >= 0.3 is 0 Å². The van der Waals surface area contributed by atoms with Crippen molar-refractivity contribution in [1.29, 1.82) is 0 Å². The van der Waals surface area contributed by atoms with Gasteiger partial charge in [-0.1, -0.05) is 26.2 Å². The molecule has 1 saturated heterocycles. The van der Waals surface area contributed by atoms with Crippen LogP contribution >= 0.6 is 0 Å². The SMILES string of the molecule is CCC1(COCC2CCCCC2)COC1. The van der Waals surface area contributed by atoms with Crippen LogP contribution in [0.15, 0.2) is 0 Å². The van der Waals surface area contributed by atoms with Crippen molar-refractivity contribution >= 4 is 0 Å². The van der Waals surface area contributed by atoms with Crippen molar-refractivity contribution in [3.63, 3.8) is 0 Å². The Balaban J connectivity index is 1.61. The Bertz CT molecular complexity index is 175. The lowest BCUT2D eigenvalue weighted by molar-refractivity contribution is -0.153. The summed E-state index contributed by atoms with van der Waals surface area (Å²) in [7, 11) is 0. The normalized spacial score (nSPS) is 26.2. The Morgan fingerprint density at radius 3 is 2.47 bits per heavy atom. The van der Waals surface area contributed by atoms with E-state index in [-0.39, 0.29) is 0 Å². The van der Waals surface area contributed by atoms with E-state index in [2.05, 4.69) is 6.92 Å². The molecule has 2 nitrogen and oxygen atoms in total. The first-order valence-corrected chi connectivity index (χ1v) is 6.50. The van der Waals surface area contributed by atoms with Gasteiger partial charge in [-0.25, -0.2) is 0 Å². The molecule has 2 heteroatoms. The Kier molecular flexibility index (Phi) is 4.04. The van der Waals surface area contributed by atoms with Gasteiger partial charge in [-0.2, -0.15) is 0 Å². The van der Waals surface area contributed by atoms with E-state index >= 15 is 0 Å². The molecule has 2 rings (SSSR count). The molecule has 88 valence electrons. The molecule has 0 aromatic heterocycles. The van der Waals surface area contributed by atoms with Crippen LogP contribution in [0, 0.1) is 11.3 Å². The van der Waals surface area contributed by atoms with Gasteiger partial charge in [0, 0.05) is 12.0 Å². The van der Waals surface area contributed by atoms with Gasteiger partial charge in [0.1, 0.15) is 0 Å². The van der Waals surface area contributed by atoms with E-state index in [0.717, 1.165) is 32.3 Å². The Hall–Kier alpha value is -0.0800. The molecule has 15 heavy (non-hydrogen) atoms. The minimum atomic E-state index is 0.370. The molecule has 0 aromatic rings. The fraction of sp³-hybridized carbons (Fsp3) is 1.00. The quantitative estimate of drug-likeness (QED) is 0.697. The maximum Gasteiger partial charge on any atom is 0.0566 e. The van der Waals surface area contributed by atoms with Gasteiger partial charge in [-0.05, 0) is 25.2 Å². The summed E-state index contributed by atoms with van der Waals surface area (Å²) in [6, 6.07) is 0. The van der Waals surface area contributed by atoms with Crippen LogP contribution in [0.4, 0.5) is 0 Å². The van der Waals surface area contributed by atoms with Crippen molar-refractivity contribution in [3.05, 3.63) is 0 Å². The molecule has 2 fully saturated rings. The summed E-state index contributed by atoms with van der Waals surface area (Å²) in [5.41, 5.74) is 0.370. The lowest BCUT2D eigenvalue weighted by atomic mass is 9.84. The zero-order chi connectivity index (χ0) is 10.6. The van der Waals surface area contributed by atoms with E-state index < -0.39 is 0 Å². The standard InChI is InChI=1S/C13H24O2/c1-2-13(10-15-11-13)9-14-8-12-6-4-3-5-7-12/h12H,2-11H2,1H3. The van der Waals surface area contributed by atoms with Crippen LogP contribution in [0.3, 0.4) is 0 Å². The van der Waals surface area contributed by atoms with Gasteiger partial charge in [0.2, 0.25) is 0 Å². The zero-order valence-electron chi connectivity index (χ0n) is 9.96. The van der Waals surface area contributed by atoms with Crippen LogP contribution in [0.2, 0.25) is 0 Å². The molecule has 0 bridgehead atoms. The summed E-state index contributed by atoms with van der Waals surface area (Å²) in [6.45, 7) is 5.97. The fourth-order valence-corrected chi connectivity index (χ4v) is 2.58. The fourth-order valence-electron chi connectivity index (χ4n) is 2.58. The molecule has 1 aliphatic carbocycles. The van der Waals surface area contributed by atoms with Gasteiger partial charge in [0.15, 0.2) is 0 Å². The van der Waals surface area contributed by atoms with E-state index in [4.69, 9.17) is 9.47 Å². The predicted octanol–water partition coefficient (Wildman–Crippen LogP) is 3.01. The second kappa shape index (κ2) is 5.31. The Morgan fingerprint density at radius 1 is 1.20 bits per heavy atom. The summed E-state index contributed by atoms with van der Waals surface area (Å²) in [4.78, 5) is 0. The molecule has 0 atom stereocenters. The lowest BCUT2D eigenvalue weighted by Gasteiger charge is -2.40. The molecule has 0 N–H and O–H groups in total. The monoisotopic (exact) mass is 212 g/mol. The zero-order valence-corrected chi connectivity index (χ0v) is 9.96. The average molecular weight is 212 g/mol. The molecule has 0 spiro atoms. The highest BCUT2D eigenvalue weighted by Crippen LogP contribution is 2.32. The van der Waals surface area contributed by atoms with Crippen LogP contribution in [-0.2, 0) is 9.47 Å². The van der Waals surface area contributed by atoms with E-state index in [1.807, 2.05) is 0 Å². The molecular weight excluding hydrogens is 188 g/mol.